The topological polar surface area (TPSA) is 76.5 Å². The van der Waals surface area contributed by atoms with Crippen LogP contribution in [0.4, 0.5) is 0 Å². The predicted octanol–water partition coefficient (Wildman–Crippen LogP) is 2.10. The molecule has 0 aliphatic carbocycles. The van der Waals surface area contributed by atoms with Gasteiger partial charge in [-0.15, -0.1) is 0 Å². The number of benzene rings is 1. The van der Waals surface area contributed by atoms with Crippen LogP contribution in [0.1, 0.15) is 26.2 Å². The Morgan fingerprint density at radius 3 is 2.68 bits per heavy atom. The molecule has 1 fully saturated rings. The number of nitrogens with zero attached hydrogens (tertiary/aromatic N) is 3. The number of nitrogens with one attached hydrogen (secondary N) is 1. The van der Waals surface area contributed by atoms with Crippen LogP contribution in [0, 0.1) is 5.92 Å². The number of imidazole rings is 1. The number of hydrogen-bond donors (Lipinski definition) is 1. The molecule has 1 saturated heterocycles. The van der Waals surface area contributed by atoms with Crippen molar-refractivity contribution >= 4 is 11.8 Å². The lowest BCUT2D eigenvalue weighted by atomic mass is 9.95. The van der Waals surface area contributed by atoms with Crippen LogP contribution in [0.3, 0.4) is 0 Å². The summed E-state index contributed by atoms with van der Waals surface area (Å²) in [6.07, 6.45) is 7.12. The van der Waals surface area contributed by atoms with E-state index in [1.165, 1.54) is 0 Å². The summed E-state index contributed by atoms with van der Waals surface area (Å²) >= 11 is 0. The first kappa shape index (κ1) is 19.9. The van der Waals surface area contributed by atoms with Gasteiger partial charge in [0.15, 0.2) is 0 Å². The minimum absolute atomic E-state index is 0.0325. The summed E-state index contributed by atoms with van der Waals surface area (Å²) in [4.78, 5) is 30.7. The highest BCUT2D eigenvalue weighted by molar-refractivity contribution is 5.80. The van der Waals surface area contributed by atoms with Gasteiger partial charge in [-0.3, -0.25) is 9.59 Å². The van der Waals surface area contributed by atoms with Gasteiger partial charge in [0.05, 0.1) is 19.4 Å². The number of ether oxygens (including phenoxy) is 1. The normalized spacial score (nSPS) is 15.8. The number of rotatable bonds is 8. The lowest BCUT2D eigenvalue weighted by molar-refractivity contribution is -0.136. The smallest absolute Gasteiger partial charge is 0.225 e. The van der Waals surface area contributed by atoms with Gasteiger partial charge in [0, 0.05) is 44.0 Å². The Balaban J connectivity index is 1.35. The maximum absolute atomic E-state index is 12.5. The van der Waals surface area contributed by atoms with E-state index in [1.54, 1.807) is 12.5 Å². The van der Waals surface area contributed by atoms with Gasteiger partial charge in [0.25, 0.3) is 0 Å². The summed E-state index contributed by atoms with van der Waals surface area (Å²) in [6, 6.07) is 9.53. The van der Waals surface area contributed by atoms with Gasteiger partial charge < -0.3 is 19.5 Å². The molecule has 1 aromatic carbocycles. The predicted molar refractivity (Wildman–Crippen MR) is 106 cm³/mol. The Bertz CT molecular complexity index is 740. The number of hydrogen-bond acceptors (Lipinski definition) is 4. The molecule has 150 valence electrons. The number of piperidine rings is 1. The summed E-state index contributed by atoms with van der Waals surface area (Å²) in [7, 11) is 0. The van der Waals surface area contributed by atoms with Crippen molar-refractivity contribution in [2.75, 3.05) is 19.7 Å². The van der Waals surface area contributed by atoms with E-state index in [-0.39, 0.29) is 23.8 Å². The molecule has 0 bridgehead atoms. The van der Waals surface area contributed by atoms with E-state index in [2.05, 4.69) is 10.3 Å². The zero-order valence-electron chi connectivity index (χ0n) is 16.3. The fourth-order valence-corrected chi connectivity index (χ4v) is 3.44. The van der Waals surface area contributed by atoms with Crippen LogP contribution in [-0.4, -0.2) is 52.0 Å². The largest absolute Gasteiger partial charge is 0.493 e. The van der Waals surface area contributed by atoms with Crippen LogP contribution < -0.4 is 10.1 Å². The minimum Gasteiger partial charge on any atom is -0.493 e. The summed E-state index contributed by atoms with van der Waals surface area (Å²) in [5.74, 6) is 0.903. The molecule has 2 amide bonds. The summed E-state index contributed by atoms with van der Waals surface area (Å²) in [5, 5.41) is 3.07. The third-order valence-electron chi connectivity index (χ3n) is 4.98. The van der Waals surface area contributed by atoms with Crippen LogP contribution in [0.15, 0.2) is 49.1 Å². The number of aromatic nitrogens is 2. The maximum Gasteiger partial charge on any atom is 0.225 e. The molecule has 2 heterocycles. The van der Waals surface area contributed by atoms with E-state index in [4.69, 9.17) is 4.74 Å². The molecule has 0 saturated carbocycles. The maximum atomic E-state index is 12.5. The highest BCUT2D eigenvalue weighted by Gasteiger charge is 2.27. The van der Waals surface area contributed by atoms with Crippen LogP contribution >= 0.6 is 0 Å². The molecule has 1 unspecified atom stereocenters. The Labute approximate surface area is 165 Å². The second-order valence-electron chi connectivity index (χ2n) is 7.24. The number of carbonyl (C=O) groups is 2. The average molecular weight is 384 g/mol. The Hall–Kier alpha value is -2.83. The van der Waals surface area contributed by atoms with Crippen molar-refractivity contribution in [3.8, 4) is 5.75 Å². The standard InChI is InChI=1S/C21H28N4O3/c1-17(15-24-13-10-22-16-24)23-21(27)18-7-11-25(12-8-18)20(26)9-14-28-19-5-3-2-4-6-19/h2-6,10,13,16-18H,7-9,11-12,14-15H2,1H3,(H,23,27). The number of carbonyl (C=O) groups excluding carboxylic acids is 2. The van der Waals surface area contributed by atoms with Gasteiger partial charge in [0.1, 0.15) is 5.75 Å². The molecule has 7 heteroatoms. The molecule has 1 aromatic heterocycles. The molecule has 7 nitrogen and oxygen atoms in total. The van der Waals surface area contributed by atoms with Crippen molar-refractivity contribution in [2.24, 2.45) is 5.92 Å². The molecule has 1 aliphatic heterocycles. The van der Waals surface area contributed by atoms with E-state index in [9.17, 15) is 9.59 Å². The van der Waals surface area contributed by atoms with Gasteiger partial charge in [-0.1, -0.05) is 18.2 Å². The first-order chi connectivity index (χ1) is 13.6. The summed E-state index contributed by atoms with van der Waals surface area (Å²) in [5.41, 5.74) is 0. The summed E-state index contributed by atoms with van der Waals surface area (Å²) in [6.45, 7) is 4.30. The lowest BCUT2D eigenvalue weighted by Gasteiger charge is -2.32. The average Bonchev–Trinajstić information content (AvgIpc) is 3.21. The second kappa shape index (κ2) is 9.92. The molecular weight excluding hydrogens is 356 g/mol. The van der Waals surface area contributed by atoms with E-state index in [1.807, 2.05) is 52.9 Å². The lowest BCUT2D eigenvalue weighted by Crippen LogP contribution is -2.45. The van der Waals surface area contributed by atoms with Crippen LogP contribution in [0.2, 0.25) is 0 Å². The molecule has 0 spiro atoms. The number of amides is 2. The van der Waals surface area contributed by atoms with Crippen LogP contribution in [-0.2, 0) is 16.1 Å². The Morgan fingerprint density at radius 2 is 2.00 bits per heavy atom. The molecule has 1 N–H and O–H groups in total. The fraction of sp³-hybridized carbons (Fsp3) is 0.476. The Kier molecular flexibility index (Phi) is 7.06. The van der Waals surface area contributed by atoms with Gasteiger partial charge in [-0.2, -0.15) is 0 Å². The molecule has 0 radical (unpaired) electrons. The molecule has 3 rings (SSSR count). The third kappa shape index (κ3) is 5.84. The monoisotopic (exact) mass is 384 g/mol. The SMILES string of the molecule is CC(Cn1ccnc1)NC(=O)C1CCN(C(=O)CCOc2ccccc2)CC1. The van der Waals surface area contributed by atoms with Crippen LogP contribution in [0.25, 0.3) is 0 Å². The minimum atomic E-state index is -0.0325. The van der Waals surface area contributed by atoms with Crippen molar-refractivity contribution in [3.05, 3.63) is 49.1 Å². The van der Waals surface area contributed by atoms with E-state index in [0.29, 0.717) is 45.5 Å². The van der Waals surface area contributed by atoms with E-state index >= 15 is 0 Å². The van der Waals surface area contributed by atoms with Crippen molar-refractivity contribution < 1.29 is 14.3 Å². The van der Waals surface area contributed by atoms with Gasteiger partial charge >= 0.3 is 0 Å². The fourth-order valence-electron chi connectivity index (χ4n) is 3.44. The van der Waals surface area contributed by atoms with Crippen molar-refractivity contribution in [1.29, 1.82) is 0 Å². The summed E-state index contributed by atoms with van der Waals surface area (Å²) < 4.78 is 7.54. The Morgan fingerprint density at radius 1 is 1.25 bits per heavy atom. The first-order valence-corrected chi connectivity index (χ1v) is 9.83. The first-order valence-electron chi connectivity index (χ1n) is 9.83. The molecule has 28 heavy (non-hydrogen) atoms. The molecular formula is C21H28N4O3. The molecule has 1 aliphatic rings. The van der Waals surface area contributed by atoms with Crippen molar-refractivity contribution in [3.63, 3.8) is 0 Å². The zero-order valence-corrected chi connectivity index (χ0v) is 16.3. The van der Waals surface area contributed by atoms with E-state index < -0.39 is 0 Å². The molecule has 1 atom stereocenters. The van der Waals surface area contributed by atoms with Crippen molar-refractivity contribution in [2.45, 2.75) is 38.8 Å². The number of para-hydroxylation sites is 1. The van der Waals surface area contributed by atoms with Crippen LogP contribution in [0.5, 0.6) is 5.75 Å². The highest BCUT2D eigenvalue weighted by Crippen LogP contribution is 2.18. The zero-order chi connectivity index (χ0) is 19.8. The van der Waals surface area contributed by atoms with Gasteiger partial charge in [0.2, 0.25) is 11.8 Å². The quantitative estimate of drug-likeness (QED) is 0.756. The van der Waals surface area contributed by atoms with Gasteiger partial charge in [-0.05, 0) is 31.9 Å². The molecule has 2 aromatic rings. The van der Waals surface area contributed by atoms with Crippen molar-refractivity contribution in [1.82, 2.24) is 19.8 Å². The van der Waals surface area contributed by atoms with Gasteiger partial charge in [-0.25, -0.2) is 4.98 Å². The number of likely N-dealkylation sites (tertiary alicyclic amines) is 1. The van der Waals surface area contributed by atoms with E-state index in [0.717, 1.165) is 5.75 Å². The second-order valence-corrected chi connectivity index (χ2v) is 7.24. The third-order valence-corrected chi connectivity index (χ3v) is 4.98. The highest BCUT2D eigenvalue weighted by atomic mass is 16.5.